The van der Waals surface area contributed by atoms with Crippen LogP contribution >= 0.6 is 11.6 Å². The van der Waals surface area contributed by atoms with Crippen LogP contribution in [0, 0.1) is 5.82 Å². The fraction of sp³-hybridized carbons (Fsp3) is 0.500. The maximum Gasteiger partial charge on any atom is 0.141 e. The van der Waals surface area contributed by atoms with Crippen molar-refractivity contribution in [3.05, 3.63) is 23.6 Å². The van der Waals surface area contributed by atoms with Crippen LogP contribution in [0.25, 0.3) is 0 Å². The lowest BCUT2D eigenvalue weighted by Crippen LogP contribution is -2.20. The molecule has 0 aromatic carbocycles. The van der Waals surface area contributed by atoms with Gasteiger partial charge in [-0.25, -0.2) is 9.37 Å². The average molecular weight is 217 g/mol. The topological polar surface area (TPSA) is 16.1 Å². The first-order valence-electron chi connectivity index (χ1n) is 4.60. The van der Waals surface area contributed by atoms with Crippen LogP contribution in [0.15, 0.2) is 12.3 Å². The van der Waals surface area contributed by atoms with E-state index < -0.39 is 0 Å². The Morgan fingerprint density at radius 2 is 2.29 bits per heavy atom. The number of anilines is 1. The van der Waals surface area contributed by atoms with Gasteiger partial charge in [-0.05, 0) is 12.5 Å². The quantitative estimate of drug-likeness (QED) is 0.720. The first-order chi connectivity index (χ1) is 6.69. The molecule has 0 saturated heterocycles. The molecule has 4 heteroatoms. The lowest BCUT2D eigenvalue weighted by molar-refractivity contribution is 0.619. The summed E-state index contributed by atoms with van der Waals surface area (Å²) in [6.45, 7) is 2.98. The van der Waals surface area contributed by atoms with Gasteiger partial charge in [-0.15, -0.1) is 11.6 Å². The normalized spacial score (nSPS) is 10.3. The molecular weight excluding hydrogens is 203 g/mol. The predicted molar refractivity (Wildman–Crippen MR) is 57.3 cm³/mol. The molecule has 0 amide bonds. The van der Waals surface area contributed by atoms with E-state index in [1.807, 2.05) is 11.9 Å². The fourth-order valence-electron chi connectivity index (χ4n) is 1.36. The maximum absolute atomic E-state index is 12.8. The lowest BCUT2D eigenvalue weighted by atomic mass is 10.2. The molecular formula is C10H14ClFN2. The second-order valence-corrected chi connectivity index (χ2v) is 3.46. The predicted octanol–water partition coefficient (Wildman–Crippen LogP) is 2.81. The number of pyridine rings is 1. The van der Waals surface area contributed by atoms with Gasteiger partial charge in [0.05, 0.1) is 12.1 Å². The maximum atomic E-state index is 12.8. The molecule has 2 nitrogen and oxygen atoms in total. The molecule has 0 bridgehead atoms. The van der Waals surface area contributed by atoms with E-state index in [0.717, 1.165) is 24.3 Å². The van der Waals surface area contributed by atoms with E-state index in [9.17, 15) is 4.39 Å². The van der Waals surface area contributed by atoms with Gasteiger partial charge in [0.2, 0.25) is 0 Å². The van der Waals surface area contributed by atoms with Crippen molar-refractivity contribution >= 4 is 17.4 Å². The van der Waals surface area contributed by atoms with Gasteiger partial charge in [0.25, 0.3) is 0 Å². The third-order valence-corrected chi connectivity index (χ3v) is 2.26. The van der Waals surface area contributed by atoms with Gasteiger partial charge >= 0.3 is 0 Å². The van der Waals surface area contributed by atoms with Crippen LogP contribution < -0.4 is 4.90 Å². The van der Waals surface area contributed by atoms with Crippen LogP contribution in [0.2, 0.25) is 0 Å². The minimum atomic E-state index is -0.339. The molecule has 0 saturated carbocycles. The van der Waals surface area contributed by atoms with Crippen LogP contribution in [-0.4, -0.2) is 18.6 Å². The first kappa shape index (κ1) is 11.2. The summed E-state index contributed by atoms with van der Waals surface area (Å²) in [4.78, 5) is 6.02. The van der Waals surface area contributed by atoms with E-state index in [-0.39, 0.29) is 11.7 Å². The monoisotopic (exact) mass is 216 g/mol. The third kappa shape index (κ3) is 2.58. The molecule has 0 spiro atoms. The molecule has 78 valence electrons. The van der Waals surface area contributed by atoms with Gasteiger partial charge in [-0.3, -0.25) is 0 Å². The molecule has 0 aliphatic rings. The molecule has 0 fully saturated rings. The summed E-state index contributed by atoms with van der Waals surface area (Å²) in [6.07, 6.45) is 2.24. The van der Waals surface area contributed by atoms with Crippen molar-refractivity contribution in [3.63, 3.8) is 0 Å². The number of nitrogens with zero attached hydrogens (tertiary/aromatic N) is 2. The van der Waals surface area contributed by atoms with Gasteiger partial charge in [0.1, 0.15) is 11.6 Å². The fourth-order valence-corrected chi connectivity index (χ4v) is 1.55. The molecule has 1 heterocycles. The van der Waals surface area contributed by atoms with Gasteiger partial charge in [-0.1, -0.05) is 6.92 Å². The Bertz CT molecular complexity index is 304. The number of hydrogen-bond donors (Lipinski definition) is 0. The Hall–Kier alpha value is -0.830. The Morgan fingerprint density at radius 1 is 1.57 bits per heavy atom. The summed E-state index contributed by atoms with van der Waals surface area (Å²) >= 11 is 5.71. The molecule has 0 unspecified atom stereocenters. The highest BCUT2D eigenvalue weighted by Gasteiger charge is 2.08. The Labute approximate surface area is 88.7 Å². The lowest BCUT2D eigenvalue weighted by Gasteiger charge is -2.19. The van der Waals surface area contributed by atoms with Crippen molar-refractivity contribution in [2.75, 3.05) is 18.5 Å². The van der Waals surface area contributed by atoms with Crippen LogP contribution in [0.5, 0.6) is 0 Å². The van der Waals surface area contributed by atoms with Gasteiger partial charge in [0, 0.05) is 19.2 Å². The zero-order valence-corrected chi connectivity index (χ0v) is 9.18. The first-order valence-corrected chi connectivity index (χ1v) is 5.14. The van der Waals surface area contributed by atoms with Crippen LogP contribution in [0.1, 0.15) is 18.9 Å². The van der Waals surface area contributed by atoms with Gasteiger partial charge in [-0.2, -0.15) is 0 Å². The van der Waals surface area contributed by atoms with E-state index >= 15 is 0 Å². The van der Waals surface area contributed by atoms with Crippen molar-refractivity contribution in [2.24, 2.45) is 0 Å². The van der Waals surface area contributed by atoms with Crippen LogP contribution in [-0.2, 0) is 5.88 Å². The number of hydrogen-bond acceptors (Lipinski definition) is 2. The van der Waals surface area contributed by atoms with E-state index in [0.29, 0.717) is 0 Å². The van der Waals surface area contributed by atoms with Crippen molar-refractivity contribution in [1.29, 1.82) is 0 Å². The van der Waals surface area contributed by atoms with Crippen LogP contribution in [0.4, 0.5) is 10.2 Å². The van der Waals surface area contributed by atoms with Gasteiger partial charge < -0.3 is 4.90 Å². The van der Waals surface area contributed by atoms with E-state index in [2.05, 4.69) is 11.9 Å². The highest BCUT2D eigenvalue weighted by atomic mass is 35.5. The van der Waals surface area contributed by atoms with Crippen molar-refractivity contribution in [2.45, 2.75) is 19.2 Å². The second kappa shape index (κ2) is 5.15. The number of halogens is 2. The van der Waals surface area contributed by atoms with E-state index in [4.69, 9.17) is 11.6 Å². The largest absolute Gasteiger partial charge is 0.359 e. The zero-order valence-electron chi connectivity index (χ0n) is 8.43. The summed E-state index contributed by atoms with van der Waals surface area (Å²) < 4.78 is 12.8. The number of alkyl halides is 1. The SMILES string of the molecule is CCCN(C)c1ncc(F)cc1CCl. The molecule has 14 heavy (non-hydrogen) atoms. The third-order valence-electron chi connectivity index (χ3n) is 1.97. The summed E-state index contributed by atoms with van der Waals surface area (Å²) in [5.41, 5.74) is 0.739. The molecule has 0 aliphatic heterocycles. The van der Waals surface area contributed by atoms with Crippen molar-refractivity contribution in [3.8, 4) is 0 Å². The molecule has 1 aromatic rings. The molecule has 0 radical (unpaired) electrons. The van der Waals surface area contributed by atoms with Crippen molar-refractivity contribution in [1.82, 2.24) is 4.98 Å². The Balaban J connectivity index is 2.95. The smallest absolute Gasteiger partial charge is 0.141 e. The van der Waals surface area contributed by atoms with E-state index in [1.165, 1.54) is 12.3 Å². The summed E-state index contributed by atoms with van der Waals surface area (Å²) in [7, 11) is 1.93. The summed E-state index contributed by atoms with van der Waals surface area (Å²) in [5, 5.41) is 0. The van der Waals surface area contributed by atoms with Gasteiger partial charge in [0.15, 0.2) is 0 Å². The highest BCUT2D eigenvalue weighted by Crippen LogP contribution is 2.19. The second-order valence-electron chi connectivity index (χ2n) is 3.19. The summed E-state index contributed by atoms with van der Waals surface area (Å²) in [6, 6.07) is 1.43. The molecule has 0 atom stereocenters. The van der Waals surface area contributed by atoms with Crippen LogP contribution in [0.3, 0.4) is 0 Å². The average Bonchev–Trinajstić information content (AvgIpc) is 2.17. The highest BCUT2D eigenvalue weighted by molar-refractivity contribution is 6.17. The summed E-state index contributed by atoms with van der Waals surface area (Å²) in [5.74, 6) is 0.714. The molecule has 0 aliphatic carbocycles. The van der Waals surface area contributed by atoms with Crippen molar-refractivity contribution < 1.29 is 4.39 Å². The molecule has 0 N–H and O–H groups in total. The Morgan fingerprint density at radius 3 is 2.86 bits per heavy atom. The standard InChI is InChI=1S/C10H14ClFN2/c1-3-4-14(2)10-8(6-11)5-9(12)7-13-10/h5,7H,3-4,6H2,1-2H3. The minimum Gasteiger partial charge on any atom is -0.359 e. The molecule has 1 aromatic heterocycles. The van der Waals surface area contributed by atoms with E-state index in [1.54, 1.807) is 0 Å². The Kier molecular flexibility index (Phi) is 4.14. The minimum absolute atomic E-state index is 0.286. The molecule has 1 rings (SSSR count). The zero-order chi connectivity index (χ0) is 10.6. The number of aromatic nitrogens is 1. The number of rotatable bonds is 4.